The van der Waals surface area contributed by atoms with E-state index in [0.717, 1.165) is 11.4 Å². The third-order valence-corrected chi connectivity index (χ3v) is 2.76. The van der Waals surface area contributed by atoms with Gasteiger partial charge in [0.05, 0.1) is 0 Å². The molecule has 0 heterocycles. The molecule has 1 aromatic carbocycles. The van der Waals surface area contributed by atoms with E-state index in [1.54, 1.807) is 43.1 Å². The van der Waals surface area contributed by atoms with Crippen LogP contribution in [0.1, 0.15) is 20.3 Å². The van der Waals surface area contributed by atoms with Crippen LogP contribution in [-0.4, -0.2) is 24.0 Å². The van der Waals surface area contributed by atoms with Gasteiger partial charge in [-0.25, -0.2) is 0 Å². The van der Waals surface area contributed by atoms with Crippen LogP contribution in [0.4, 0.5) is 11.4 Å². The van der Waals surface area contributed by atoms with E-state index >= 15 is 0 Å². The first-order valence-electron chi connectivity index (χ1n) is 5.89. The SMILES string of the molecule is CCC(=O)NC(=S)Nc1ccc(N(C)C(C)=O)cc1. The molecule has 0 spiro atoms. The molecule has 0 atom stereocenters. The van der Waals surface area contributed by atoms with Gasteiger partial charge in [-0.05, 0) is 36.5 Å². The first-order valence-corrected chi connectivity index (χ1v) is 6.30. The van der Waals surface area contributed by atoms with E-state index in [0.29, 0.717) is 6.42 Å². The molecule has 102 valence electrons. The normalized spacial score (nSPS) is 9.63. The van der Waals surface area contributed by atoms with Crippen LogP contribution in [0.3, 0.4) is 0 Å². The zero-order chi connectivity index (χ0) is 14.4. The Hall–Kier alpha value is -1.95. The van der Waals surface area contributed by atoms with Gasteiger partial charge in [-0.2, -0.15) is 0 Å². The van der Waals surface area contributed by atoms with Crippen LogP contribution in [0.25, 0.3) is 0 Å². The Morgan fingerprint density at radius 3 is 2.32 bits per heavy atom. The summed E-state index contributed by atoms with van der Waals surface area (Å²) in [6.45, 7) is 3.26. The molecule has 0 aliphatic rings. The molecule has 19 heavy (non-hydrogen) atoms. The summed E-state index contributed by atoms with van der Waals surface area (Å²) in [5, 5.41) is 5.71. The quantitative estimate of drug-likeness (QED) is 0.830. The Kier molecular flexibility index (Phi) is 5.44. The zero-order valence-electron chi connectivity index (χ0n) is 11.2. The molecule has 1 aromatic rings. The highest BCUT2D eigenvalue weighted by molar-refractivity contribution is 7.80. The second kappa shape index (κ2) is 6.84. The first kappa shape index (κ1) is 15.1. The van der Waals surface area contributed by atoms with Crippen LogP contribution in [0.5, 0.6) is 0 Å². The van der Waals surface area contributed by atoms with E-state index < -0.39 is 0 Å². The fraction of sp³-hybridized carbons (Fsp3) is 0.308. The van der Waals surface area contributed by atoms with E-state index in [1.807, 2.05) is 0 Å². The second-order valence-corrected chi connectivity index (χ2v) is 4.39. The highest BCUT2D eigenvalue weighted by atomic mass is 32.1. The van der Waals surface area contributed by atoms with Gasteiger partial charge in [0.25, 0.3) is 0 Å². The van der Waals surface area contributed by atoms with Crippen LogP contribution in [0.2, 0.25) is 0 Å². The average Bonchev–Trinajstić information content (AvgIpc) is 2.38. The highest BCUT2D eigenvalue weighted by Crippen LogP contribution is 2.16. The van der Waals surface area contributed by atoms with Crippen LogP contribution >= 0.6 is 12.2 Å². The van der Waals surface area contributed by atoms with Crippen molar-refractivity contribution in [1.29, 1.82) is 0 Å². The number of thiocarbonyl (C=S) groups is 1. The van der Waals surface area contributed by atoms with E-state index in [-0.39, 0.29) is 16.9 Å². The number of anilines is 2. The molecule has 0 saturated heterocycles. The van der Waals surface area contributed by atoms with Crippen LogP contribution in [0.15, 0.2) is 24.3 Å². The number of amides is 2. The Morgan fingerprint density at radius 2 is 1.84 bits per heavy atom. The third kappa shape index (κ3) is 4.67. The third-order valence-electron chi connectivity index (χ3n) is 2.56. The summed E-state index contributed by atoms with van der Waals surface area (Å²) < 4.78 is 0. The monoisotopic (exact) mass is 279 g/mol. The van der Waals surface area contributed by atoms with Crippen molar-refractivity contribution in [3.05, 3.63) is 24.3 Å². The fourth-order valence-electron chi connectivity index (χ4n) is 1.33. The lowest BCUT2D eigenvalue weighted by Gasteiger charge is -2.15. The van der Waals surface area contributed by atoms with Gasteiger partial charge in [0.1, 0.15) is 0 Å². The minimum atomic E-state index is -0.134. The molecule has 6 heteroatoms. The average molecular weight is 279 g/mol. The van der Waals surface area contributed by atoms with E-state index in [9.17, 15) is 9.59 Å². The van der Waals surface area contributed by atoms with Crippen molar-refractivity contribution >= 4 is 40.5 Å². The summed E-state index contributed by atoms with van der Waals surface area (Å²) in [4.78, 5) is 23.9. The second-order valence-electron chi connectivity index (χ2n) is 3.98. The molecular weight excluding hydrogens is 262 g/mol. The van der Waals surface area contributed by atoms with E-state index in [2.05, 4.69) is 10.6 Å². The summed E-state index contributed by atoms with van der Waals surface area (Å²) in [6.07, 6.45) is 0.379. The summed E-state index contributed by atoms with van der Waals surface area (Å²) in [7, 11) is 1.71. The Labute approximate surface area is 118 Å². The summed E-state index contributed by atoms with van der Waals surface area (Å²) in [6, 6.07) is 7.18. The number of nitrogens with zero attached hydrogens (tertiary/aromatic N) is 1. The lowest BCUT2D eigenvalue weighted by molar-refractivity contribution is -0.119. The predicted molar refractivity (Wildman–Crippen MR) is 80.2 cm³/mol. The van der Waals surface area contributed by atoms with Gasteiger partial charge in [-0.1, -0.05) is 6.92 Å². The molecule has 0 fully saturated rings. The minimum absolute atomic E-state index is 0.0357. The molecule has 0 radical (unpaired) electrons. The molecule has 2 amide bonds. The number of rotatable bonds is 3. The van der Waals surface area contributed by atoms with Crippen molar-refractivity contribution in [3.8, 4) is 0 Å². The Balaban J connectivity index is 2.64. The van der Waals surface area contributed by atoms with E-state index in [4.69, 9.17) is 12.2 Å². The molecule has 0 bridgehead atoms. The van der Waals surface area contributed by atoms with Crippen LogP contribution in [-0.2, 0) is 9.59 Å². The van der Waals surface area contributed by atoms with Crippen molar-refractivity contribution in [2.75, 3.05) is 17.3 Å². The molecule has 0 aliphatic heterocycles. The molecule has 0 unspecified atom stereocenters. The van der Waals surface area contributed by atoms with Gasteiger partial charge in [-0.3, -0.25) is 9.59 Å². The van der Waals surface area contributed by atoms with Crippen LogP contribution < -0.4 is 15.5 Å². The van der Waals surface area contributed by atoms with Gasteiger partial charge in [0.15, 0.2) is 5.11 Å². The lowest BCUT2D eigenvalue weighted by atomic mass is 10.2. The number of carbonyl (C=O) groups excluding carboxylic acids is 2. The summed E-state index contributed by atoms with van der Waals surface area (Å²) in [5.41, 5.74) is 1.55. The number of nitrogens with one attached hydrogen (secondary N) is 2. The van der Waals surface area contributed by atoms with Crippen molar-refractivity contribution in [2.24, 2.45) is 0 Å². The predicted octanol–water partition coefficient (Wildman–Crippen LogP) is 1.89. The minimum Gasteiger partial charge on any atom is -0.332 e. The van der Waals surface area contributed by atoms with Crippen LogP contribution in [0, 0.1) is 0 Å². The van der Waals surface area contributed by atoms with Crippen molar-refractivity contribution < 1.29 is 9.59 Å². The molecule has 0 saturated carbocycles. The Morgan fingerprint density at radius 1 is 1.26 bits per heavy atom. The molecule has 0 aliphatic carbocycles. The maximum absolute atomic E-state index is 11.2. The fourth-order valence-corrected chi connectivity index (χ4v) is 1.56. The van der Waals surface area contributed by atoms with Gasteiger partial charge >= 0.3 is 0 Å². The molecular formula is C13H17N3O2S. The zero-order valence-corrected chi connectivity index (χ0v) is 12.0. The van der Waals surface area contributed by atoms with Crippen molar-refractivity contribution in [1.82, 2.24) is 5.32 Å². The summed E-state index contributed by atoms with van der Waals surface area (Å²) in [5.74, 6) is -0.170. The van der Waals surface area contributed by atoms with E-state index in [1.165, 1.54) is 6.92 Å². The number of benzene rings is 1. The van der Waals surface area contributed by atoms with Gasteiger partial charge < -0.3 is 15.5 Å². The van der Waals surface area contributed by atoms with Crippen molar-refractivity contribution in [3.63, 3.8) is 0 Å². The molecule has 2 N–H and O–H groups in total. The molecule has 0 aromatic heterocycles. The molecule has 1 rings (SSSR count). The standard InChI is InChI=1S/C13H17N3O2S/c1-4-12(18)15-13(19)14-10-5-7-11(8-6-10)16(3)9(2)17/h5-8H,4H2,1-3H3,(H2,14,15,18,19). The van der Waals surface area contributed by atoms with Gasteiger partial charge in [-0.15, -0.1) is 0 Å². The number of hydrogen-bond donors (Lipinski definition) is 2. The first-order chi connectivity index (χ1) is 8.93. The summed E-state index contributed by atoms with van der Waals surface area (Å²) >= 11 is 5.00. The number of carbonyl (C=O) groups is 2. The maximum Gasteiger partial charge on any atom is 0.225 e. The van der Waals surface area contributed by atoms with Crippen molar-refractivity contribution in [2.45, 2.75) is 20.3 Å². The smallest absolute Gasteiger partial charge is 0.225 e. The molecule has 5 nitrogen and oxygen atoms in total. The van der Waals surface area contributed by atoms with Gasteiger partial charge in [0, 0.05) is 31.8 Å². The topological polar surface area (TPSA) is 61.4 Å². The Bertz CT molecular complexity index is 485. The highest BCUT2D eigenvalue weighted by Gasteiger charge is 2.06. The maximum atomic E-state index is 11.2. The lowest BCUT2D eigenvalue weighted by Crippen LogP contribution is -2.33. The van der Waals surface area contributed by atoms with Gasteiger partial charge in [0.2, 0.25) is 11.8 Å². The number of hydrogen-bond acceptors (Lipinski definition) is 3. The largest absolute Gasteiger partial charge is 0.332 e.